The van der Waals surface area contributed by atoms with Gasteiger partial charge in [0.2, 0.25) is 0 Å². The van der Waals surface area contributed by atoms with Gasteiger partial charge in [0.15, 0.2) is 9.84 Å². The van der Waals surface area contributed by atoms with Crippen LogP contribution in [0.1, 0.15) is 52.4 Å². The van der Waals surface area contributed by atoms with Crippen molar-refractivity contribution >= 4 is 9.84 Å². The van der Waals surface area contributed by atoms with Crippen molar-refractivity contribution < 1.29 is 8.42 Å². The van der Waals surface area contributed by atoms with Crippen molar-refractivity contribution in [3.05, 3.63) is 0 Å². The lowest BCUT2D eigenvalue weighted by Gasteiger charge is -2.48. The van der Waals surface area contributed by atoms with Crippen molar-refractivity contribution in [2.45, 2.75) is 69.2 Å². The standard InChI is InChI=1S/C16H30N2O2S/c1-13(2)21(19,20)10-9-18-11-15(14-5-6-14)17-12-16(18)7-3-4-8-16/h13-15,17H,3-12H2,1-2H3. The highest BCUT2D eigenvalue weighted by Gasteiger charge is 2.46. The van der Waals surface area contributed by atoms with Crippen LogP contribution in [0.5, 0.6) is 0 Å². The molecule has 0 radical (unpaired) electrons. The Balaban J connectivity index is 1.68. The van der Waals surface area contributed by atoms with Gasteiger partial charge in [0, 0.05) is 31.2 Å². The maximum Gasteiger partial charge on any atom is 0.153 e. The Bertz CT molecular complexity index is 465. The van der Waals surface area contributed by atoms with Gasteiger partial charge in [-0.25, -0.2) is 8.42 Å². The summed E-state index contributed by atoms with van der Waals surface area (Å²) in [6.07, 6.45) is 7.76. The minimum absolute atomic E-state index is 0.248. The average molecular weight is 314 g/mol. The third-order valence-electron chi connectivity index (χ3n) is 5.87. The Labute approximate surface area is 129 Å². The van der Waals surface area contributed by atoms with Crippen LogP contribution in [0.3, 0.4) is 0 Å². The van der Waals surface area contributed by atoms with Crippen LogP contribution in [0.4, 0.5) is 0 Å². The van der Waals surface area contributed by atoms with E-state index >= 15 is 0 Å². The highest BCUT2D eigenvalue weighted by molar-refractivity contribution is 7.92. The summed E-state index contributed by atoms with van der Waals surface area (Å²) in [4.78, 5) is 2.54. The topological polar surface area (TPSA) is 49.4 Å². The number of sulfone groups is 1. The minimum Gasteiger partial charge on any atom is -0.311 e. The Morgan fingerprint density at radius 3 is 2.48 bits per heavy atom. The van der Waals surface area contributed by atoms with Gasteiger partial charge in [-0.15, -0.1) is 0 Å². The molecule has 0 aromatic heterocycles. The van der Waals surface area contributed by atoms with Gasteiger partial charge >= 0.3 is 0 Å². The van der Waals surface area contributed by atoms with Crippen molar-refractivity contribution in [2.75, 3.05) is 25.4 Å². The van der Waals surface area contributed by atoms with Crippen LogP contribution in [0, 0.1) is 5.92 Å². The summed E-state index contributed by atoms with van der Waals surface area (Å²) in [5.74, 6) is 1.16. The molecule has 3 rings (SSSR count). The smallest absolute Gasteiger partial charge is 0.153 e. The Morgan fingerprint density at radius 2 is 1.90 bits per heavy atom. The normalized spacial score (nSPS) is 30.3. The second-order valence-corrected chi connectivity index (χ2v) is 10.3. The predicted octanol–water partition coefficient (Wildman–Crippen LogP) is 1.81. The fraction of sp³-hybridized carbons (Fsp3) is 1.00. The highest BCUT2D eigenvalue weighted by Crippen LogP contribution is 2.41. The molecule has 1 saturated heterocycles. The van der Waals surface area contributed by atoms with E-state index in [2.05, 4.69) is 10.2 Å². The summed E-state index contributed by atoms with van der Waals surface area (Å²) in [7, 11) is -2.93. The SMILES string of the molecule is CC(C)S(=O)(=O)CCN1CC(C2CC2)NCC12CCCC2. The van der Waals surface area contributed by atoms with Gasteiger partial charge < -0.3 is 5.32 Å². The summed E-state index contributed by atoms with van der Waals surface area (Å²) >= 11 is 0. The third kappa shape index (κ3) is 3.30. The molecule has 0 aromatic rings. The molecular weight excluding hydrogens is 284 g/mol. The third-order valence-corrected chi connectivity index (χ3v) is 8.06. The van der Waals surface area contributed by atoms with Crippen molar-refractivity contribution in [3.8, 4) is 0 Å². The monoisotopic (exact) mass is 314 g/mol. The fourth-order valence-corrected chi connectivity index (χ4v) is 5.02. The molecule has 1 atom stereocenters. The Hall–Kier alpha value is -0.130. The molecule has 2 saturated carbocycles. The quantitative estimate of drug-likeness (QED) is 0.841. The van der Waals surface area contributed by atoms with Crippen molar-refractivity contribution in [3.63, 3.8) is 0 Å². The van der Waals surface area contributed by atoms with Gasteiger partial charge in [0.1, 0.15) is 0 Å². The van der Waals surface area contributed by atoms with Gasteiger partial charge in [0.25, 0.3) is 0 Å². The molecule has 3 aliphatic rings. The van der Waals surface area contributed by atoms with Crippen LogP contribution in [0.15, 0.2) is 0 Å². The molecule has 1 spiro atoms. The first-order chi connectivity index (χ1) is 9.93. The number of hydrogen-bond acceptors (Lipinski definition) is 4. The van der Waals surface area contributed by atoms with Gasteiger partial charge in [-0.2, -0.15) is 0 Å². The van der Waals surface area contributed by atoms with E-state index in [4.69, 9.17) is 0 Å². The number of nitrogens with one attached hydrogen (secondary N) is 1. The first kappa shape index (κ1) is 15.8. The molecule has 4 nitrogen and oxygen atoms in total. The van der Waals surface area contributed by atoms with E-state index in [1.807, 2.05) is 0 Å². The number of piperazine rings is 1. The summed E-state index contributed by atoms with van der Waals surface area (Å²) in [6.45, 7) is 6.44. The van der Waals surface area contributed by atoms with Crippen LogP contribution >= 0.6 is 0 Å². The maximum atomic E-state index is 12.2. The van der Waals surface area contributed by atoms with Gasteiger partial charge in [-0.05, 0) is 45.4 Å². The van der Waals surface area contributed by atoms with Crippen LogP contribution < -0.4 is 5.32 Å². The zero-order valence-corrected chi connectivity index (χ0v) is 14.3. The second kappa shape index (κ2) is 5.82. The van der Waals surface area contributed by atoms with Gasteiger partial charge in [0.05, 0.1) is 11.0 Å². The summed E-state index contributed by atoms with van der Waals surface area (Å²) < 4.78 is 24.3. The second-order valence-electron chi connectivity index (χ2n) is 7.62. The summed E-state index contributed by atoms with van der Waals surface area (Å²) in [5.41, 5.74) is 0.248. The highest BCUT2D eigenvalue weighted by atomic mass is 32.2. The molecule has 21 heavy (non-hydrogen) atoms. The molecule has 1 N–H and O–H groups in total. The Morgan fingerprint density at radius 1 is 1.24 bits per heavy atom. The van der Waals surface area contributed by atoms with E-state index in [-0.39, 0.29) is 10.8 Å². The Kier molecular flexibility index (Phi) is 4.37. The van der Waals surface area contributed by atoms with E-state index in [9.17, 15) is 8.42 Å². The molecule has 1 unspecified atom stereocenters. The van der Waals surface area contributed by atoms with Crippen LogP contribution in [-0.2, 0) is 9.84 Å². The molecule has 0 bridgehead atoms. The van der Waals surface area contributed by atoms with Crippen molar-refractivity contribution in [1.82, 2.24) is 10.2 Å². The molecule has 3 fully saturated rings. The van der Waals surface area contributed by atoms with E-state index in [0.717, 1.165) is 25.6 Å². The van der Waals surface area contributed by atoms with Crippen molar-refractivity contribution in [2.24, 2.45) is 5.92 Å². The molecular formula is C16H30N2O2S. The number of hydrogen-bond donors (Lipinski definition) is 1. The fourth-order valence-electron chi connectivity index (χ4n) is 4.07. The lowest BCUT2D eigenvalue weighted by molar-refractivity contribution is 0.0440. The van der Waals surface area contributed by atoms with E-state index in [0.29, 0.717) is 11.8 Å². The van der Waals surface area contributed by atoms with Gasteiger partial charge in [-0.1, -0.05) is 12.8 Å². The number of rotatable bonds is 5. The first-order valence-corrected chi connectivity index (χ1v) is 10.3. The van der Waals surface area contributed by atoms with Crippen LogP contribution in [-0.4, -0.2) is 55.5 Å². The lowest BCUT2D eigenvalue weighted by atomic mass is 9.90. The van der Waals surface area contributed by atoms with E-state index in [1.165, 1.54) is 38.5 Å². The molecule has 5 heteroatoms. The average Bonchev–Trinajstić information content (AvgIpc) is 3.18. The number of nitrogens with zero attached hydrogens (tertiary/aromatic N) is 1. The lowest BCUT2D eigenvalue weighted by Crippen LogP contribution is -2.64. The molecule has 1 aliphatic heterocycles. The van der Waals surface area contributed by atoms with Gasteiger partial charge in [-0.3, -0.25) is 4.90 Å². The van der Waals surface area contributed by atoms with E-state index in [1.54, 1.807) is 13.8 Å². The van der Waals surface area contributed by atoms with Crippen LogP contribution in [0.2, 0.25) is 0 Å². The largest absolute Gasteiger partial charge is 0.311 e. The van der Waals surface area contributed by atoms with Crippen molar-refractivity contribution in [1.29, 1.82) is 0 Å². The zero-order valence-electron chi connectivity index (χ0n) is 13.5. The van der Waals surface area contributed by atoms with Crippen LogP contribution in [0.25, 0.3) is 0 Å². The molecule has 122 valence electrons. The molecule has 2 aliphatic carbocycles. The van der Waals surface area contributed by atoms with E-state index < -0.39 is 9.84 Å². The minimum atomic E-state index is -2.93. The molecule has 1 heterocycles. The first-order valence-electron chi connectivity index (χ1n) is 8.63. The molecule has 0 aromatic carbocycles. The summed E-state index contributed by atoms with van der Waals surface area (Å²) in [5, 5.41) is 3.52. The summed E-state index contributed by atoms with van der Waals surface area (Å²) in [6, 6.07) is 0.595. The predicted molar refractivity (Wildman–Crippen MR) is 86.2 cm³/mol. The molecule has 0 amide bonds. The zero-order chi connectivity index (χ0) is 15.1. The maximum absolute atomic E-state index is 12.2.